The van der Waals surface area contributed by atoms with Crippen molar-refractivity contribution in [1.29, 1.82) is 0 Å². The second-order valence-electron chi connectivity index (χ2n) is 6.82. The lowest BCUT2D eigenvalue weighted by molar-refractivity contribution is 0.0827. The first-order valence-electron chi connectivity index (χ1n) is 8.42. The molecule has 1 saturated carbocycles. The van der Waals surface area contributed by atoms with E-state index in [4.69, 9.17) is 4.74 Å². The van der Waals surface area contributed by atoms with Crippen molar-refractivity contribution < 1.29 is 9.53 Å². The van der Waals surface area contributed by atoms with Gasteiger partial charge in [0.15, 0.2) is 6.10 Å². The van der Waals surface area contributed by atoms with Gasteiger partial charge in [-0.2, -0.15) is 0 Å². The summed E-state index contributed by atoms with van der Waals surface area (Å²) in [6, 6.07) is 16.3. The Balaban J connectivity index is 1.57. The monoisotopic (exact) mass is 322 g/mol. The summed E-state index contributed by atoms with van der Waals surface area (Å²) >= 11 is 0. The van der Waals surface area contributed by atoms with Gasteiger partial charge < -0.3 is 15.0 Å². The molecule has 124 valence electrons. The largest absolute Gasteiger partial charge is 0.436 e. The van der Waals surface area contributed by atoms with Crippen LogP contribution in [0.4, 0.5) is 4.79 Å². The number of hydrogen-bond donors (Lipinski definition) is 1. The number of ether oxygens (including phenoxy) is 1. The summed E-state index contributed by atoms with van der Waals surface area (Å²) in [5.41, 5.74) is 4.52. The van der Waals surface area contributed by atoms with E-state index < -0.39 is 0 Å². The minimum Gasteiger partial charge on any atom is -0.436 e. The van der Waals surface area contributed by atoms with Crippen LogP contribution in [0, 0.1) is 0 Å². The van der Waals surface area contributed by atoms with Crippen LogP contribution >= 0.6 is 0 Å². The van der Waals surface area contributed by atoms with E-state index >= 15 is 0 Å². The van der Waals surface area contributed by atoms with Crippen molar-refractivity contribution in [2.45, 2.75) is 24.5 Å². The summed E-state index contributed by atoms with van der Waals surface area (Å²) < 4.78 is 5.90. The van der Waals surface area contributed by atoms with E-state index in [0.717, 1.165) is 35.1 Å². The fourth-order valence-electron chi connectivity index (χ4n) is 3.58. The van der Waals surface area contributed by atoms with Gasteiger partial charge in [0.25, 0.3) is 0 Å². The molecule has 0 spiro atoms. The number of likely N-dealkylation sites (N-methyl/N-ethyl adjacent to an activating group) is 2. The van der Waals surface area contributed by atoms with E-state index in [9.17, 15) is 4.79 Å². The molecule has 4 rings (SSSR count). The molecule has 2 aromatic rings. The number of benzene rings is 2. The Labute approximate surface area is 142 Å². The Bertz CT molecular complexity index is 737. The van der Waals surface area contributed by atoms with Gasteiger partial charge in [-0.3, -0.25) is 0 Å². The van der Waals surface area contributed by atoms with Gasteiger partial charge in [-0.25, -0.2) is 4.79 Å². The molecule has 0 radical (unpaired) electrons. The van der Waals surface area contributed by atoms with Gasteiger partial charge >= 0.3 is 6.09 Å². The molecule has 0 aliphatic heterocycles. The highest BCUT2D eigenvalue weighted by atomic mass is 16.6. The Kier molecular flexibility index (Phi) is 3.57. The number of fused-ring (bicyclic) bond motifs is 3. The van der Waals surface area contributed by atoms with Crippen LogP contribution in [-0.2, 0) is 4.74 Å². The topological polar surface area (TPSA) is 41.6 Å². The highest BCUT2D eigenvalue weighted by Crippen LogP contribution is 2.45. The molecule has 0 atom stereocenters. The highest BCUT2D eigenvalue weighted by Gasteiger charge is 2.43. The van der Waals surface area contributed by atoms with Gasteiger partial charge in [-0.15, -0.1) is 0 Å². The van der Waals surface area contributed by atoms with Crippen LogP contribution in [0.25, 0.3) is 11.1 Å². The van der Waals surface area contributed by atoms with E-state index in [1.807, 2.05) is 50.5 Å². The molecular formula is C20H22N2O2. The van der Waals surface area contributed by atoms with Crippen LogP contribution in [0.3, 0.4) is 0 Å². The smallest absolute Gasteiger partial charge is 0.410 e. The summed E-state index contributed by atoms with van der Waals surface area (Å²) in [6.45, 7) is 0.679. The summed E-state index contributed by atoms with van der Waals surface area (Å²) in [5, 5.41) is 3.31. The number of carbonyl (C=O) groups excluding carboxylic acids is 1. The van der Waals surface area contributed by atoms with Gasteiger partial charge in [-0.05, 0) is 31.0 Å². The zero-order chi connectivity index (χ0) is 16.7. The minimum absolute atomic E-state index is 0.0826. The van der Waals surface area contributed by atoms with Gasteiger partial charge in [0.1, 0.15) is 0 Å². The molecule has 0 aromatic heterocycles. The number of amides is 1. The highest BCUT2D eigenvalue weighted by molar-refractivity contribution is 5.79. The number of nitrogens with zero attached hydrogens (tertiary/aromatic N) is 1. The van der Waals surface area contributed by atoms with Gasteiger partial charge in [0.05, 0.1) is 0 Å². The maximum Gasteiger partial charge on any atom is 0.410 e. The van der Waals surface area contributed by atoms with E-state index in [-0.39, 0.29) is 17.7 Å². The van der Waals surface area contributed by atoms with Crippen molar-refractivity contribution in [3.63, 3.8) is 0 Å². The quantitative estimate of drug-likeness (QED) is 0.935. The van der Waals surface area contributed by atoms with Crippen LogP contribution in [0.15, 0.2) is 48.5 Å². The molecule has 1 amide bonds. The summed E-state index contributed by atoms with van der Waals surface area (Å²) in [4.78, 5) is 14.3. The maximum absolute atomic E-state index is 12.6. The Morgan fingerprint density at radius 2 is 1.67 bits per heavy atom. The molecule has 4 nitrogen and oxygen atoms in total. The number of rotatable bonds is 4. The first-order chi connectivity index (χ1) is 11.6. The standard InChI is InChI=1S/C20H22N2O2/c1-21-20(11-12-20)13-22(2)19(23)24-18-16-9-5-3-7-14(16)15-8-4-6-10-17(15)18/h3-10,18,21H,11-13H2,1-2H3. The maximum atomic E-state index is 12.6. The minimum atomic E-state index is -0.322. The number of carbonyl (C=O) groups is 1. The molecule has 0 unspecified atom stereocenters. The predicted molar refractivity (Wildman–Crippen MR) is 93.9 cm³/mol. The number of hydrogen-bond acceptors (Lipinski definition) is 3. The fourth-order valence-corrected chi connectivity index (χ4v) is 3.58. The average molecular weight is 322 g/mol. The third kappa shape index (κ3) is 2.47. The summed E-state index contributed by atoms with van der Waals surface area (Å²) in [6.07, 6.45) is 1.62. The van der Waals surface area contributed by atoms with E-state index in [1.165, 1.54) is 0 Å². The Morgan fingerprint density at radius 3 is 2.17 bits per heavy atom. The molecule has 2 aromatic carbocycles. The van der Waals surface area contributed by atoms with E-state index in [1.54, 1.807) is 4.90 Å². The third-order valence-electron chi connectivity index (χ3n) is 5.23. The van der Waals surface area contributed by atoms with Crippen molar-refractivity contribution in [3.8, 4) is 11.1 Å². The summed E-state index contributed by atoms with van der Waals surface area (Å²) in [7, 11) is 3.77. The lowest BCUT2D eigenvalue weighted by Gasteiger charge is -2.25. The number of nitrogens with one attached hydrogen (secondary N) is 1. The lowest BCUT2D eigenvalue weighted by Crippen LogP contribution is -2.42. The molecule has 4 heteroatoms. The fraction of sp³-hybridized carbons (Fsp3) is 0.350. The van der Waals surface area contributed by atoms with E-state index in [0.29, 0.717) is 6.54 Å². The van der Waals surface area contributed by atoms with Crippen LogP contribution in [0.2, 0.25) is 0 Å². The molecule has 0 bridgehead atoms. The van der Waals surface area contributed by atoms with Crippen LogP contribution in [-0.4, -0.2) is 37.2 Å². The molecule has 2 aliphatic rings. The van der Waals surface area contributed by atoms with Crippen LogP contribution in [0.1, 0.15) is 30.1 Å². The zero-order valence-electron chi connectivity index (χ0n) is 14.1. The average Bonchev–Trinajstić information content (AvgIpc) is 3.32. The van der Waals surface area contributed by atoms with Gasteiger partial charge in [0.2, 0.25) is 0 Å². The normalized spacial score (nSPS) is 17.1. The van der Waals surface area contributed by atoms with Gasteiger partial charge in [0, 0.05) is 30.3 Å². The van der Waals surface area contributed by atoms with Crippen LogP contribution in [0.5, 0.6) is 0 Å². The Hall–Kier alpha value is -2.33. The van der Waals surface area contributed by atoms with Crippen molar-refractivity contribution >= 4 is 6.09 Å². The summed E-state index contributed by atoms with van der Waals surface area (Å²) in [5.74, 6) is 0. The molecule has 1 N–H and O–H groups in total. The second-order valence-corrected chi connectivity index (χ2v) is 6.82. The predicted octanol–water partition coefficient (Wildman–Crippen LogP) is 3.58. The molecule has 0 saturated heterocycles. The molecule has 0 heterocycles. The van der Waals surface area contributed by atoms with Crippen molar-refractivity contribution in [3.05, 3.63) is 59.7 Å². The molecule has 24 heavy (non-hydrogen) atoms. The molecular weight excluding hydrogens is 300 g/mol. The zero-order valence-corrected chi connectivity index (χ0v) is 14.1. The SMILES string of the molecule is CNC1(CN(C)C(=O)OC2c3ccccc3-c3ccccc32)CC1. The van der Waals surface area contributed by atoms with Crippen LogP contribution < -0.4 is 5.32 Å². The Morgan fingerprint density at radius 1 is 1.12 bits per heavy atom. The van der Waals surface area contributed by atoms with Gasteiger partial charge in [-0.1, -0.05) is 48.5 Å². The third-order valence-corrected chi connectivity index (χ3v) is 5.23. The first-order valence-corrected chi connectivity index (χ1v) is 8.42. The van der Waals surface area contributed by atoms with Crippen molar-refractivity contribution in [2.75, 3.05) is 20.6 Å². The second kappa shape index (κ2) is 5.64. The lowest BCUT2D eigenvalue weighted by atomic mass is 10.1. The molecule has 1 fully saturated rings. The van der Waals surface area contributed by atoms with E-state index in [2.05, 4.69) is 17.4 Å². The first kappa shape index (κ1) is 15.2. The van der Waals surface area contributed by atoms with Crippen molar-refractivity contribution in [2.24, 2.45) is 0 Å². The van der Waals surface area contributed by atoms with Crippen molar-refractivity contribution in [1.82, 2.24) is 10.2 Å². The molecule has 2 aliphatic carbocycles.